The number of nitrogens with one attached hydrogen (secondary N) is 1. The third kappa shape index (κ3) is 4.17. The highest BCUT2D eigenvalue weighted by molar-refractivity contribution is 6.39. The smallest absolute Gasteiger partial charge is 0.269 e. The monoisotopic (exact) mass is 364 g/mol. The molecule has 140 valence electrons. The van der Waals surface area contributed by atoms with Gasteiger partial charge in [-0.3, -0.25) is 14.7 Å². The summed E-state index contributed by atoms with van der Waals surface area (Å²) in [6, 6.07) is 12.4. The summed E-state index contributed by atoms with van der Waals surface area (Å²) >= 11 is 0. The first-order valence-electron chi connectivity index (χ1n) is 9.32. The molecule has 0 bridgehead atoms. The van der Waals surface area contributed by atoms with Crippen LogP contribution in [0.15, 0.2) is 53.9 Å². The lowest BCUT2D eigenvalue weighted by molar-refractivity contribution is -0.115. The summed E-state index contributed by atoms with van der Waals surface area (Å²) < 4.78 is 0. The molecule has 1 spiro atoms. The van der Waals surface area contributed by atoms with Gasteiger partial charge in [0.2, 0.25) is 0 Å². The van der Waals surface area contributed by atoms with Gasteiger partial charge >= 0.3 is 0 Å². The molecule has 0 radical (unpaired) electrons. The SMILES string of the molecule is Cc1ccc(CN2CC[C@@]3(CC(C(=O)NCc4cccnc4)=NO3)C2)cc1. The molecule has 4 rings (SSSR count). The molecule has 1 aromatic carbocycles. The Balaban J connectivity index is 1.29. The van der Waals surface area contributed by atoms with Crippen molar-refractivity contribution in [1.82, 2.24) is 15.2 Å². The molecule has 3 heterocycles. The second-order valence-electron chi connectivity index (χ2n) is 7.48. The van der Waals surface area contributed by atoms with E-state index in [4.69, 9.17) is 4.84 Å². The zero-order valence-electron chi connectivity index (χ0n) is 15.5. The van der Waals surface area contributed by atoms with Gasteiger partial charge in [0, 0.05) is 51.4 Å². The van der Waals surface area contributed by atoms with Crippen molar-refractivity contribution in [2.24, 2.45) is 5.16 Å². The van der Waals surface area contributed by atoms with Gasteiger partial charge < -0.3 is 10.2 Å². The molecule has 2 aliphatic heterocycles. The van der Waals surface area contributed by atoms with E-state index in [0.29, 0.717) is 18.7 Å². The Kier molecular flexibility index (Phi) is 4.90. The molecule has 27 heavy (non-hydrogen) atoms. The summed E-state index contributed by atoms with van der Waals surface area (Å²) in [6.45, 7) is 5.18. The first-order valence-corrected chi connectivity index (χ1v) is 9.32. The molecule has 0 unspecified atom stereocenters. The second-order valence-corrected chi connectivity index (χ2v) is 7.48. The fourth-order valence-corrected chi connectivity index (χ4v) is 3.66. The van der Waals surface area contributed by atoms with Crippen molar-refractivity contribution in [3.63, 3.8) is 0 Å². The van der Waals surface area contributed by atoms with Crippen LogP contribution in [-0.2, 0) is 22.7 Å². The Hall–Kier alpha value is -2.73. The number of benzene rings is 1. The number of oxime groups is 1. The molecule has 1 aromatic heterocycles. The van der Waals surface area contributed by atoms with Crippen LogP contribution >= 0.6 is 0 Å². The van der Waals surface area contributed by atoms with E-state index in [1.807, 2.05) is 12.1 Å². The Morgan fingerprint density at radius 3 is 2.89 bits per heavy atom. The highest BCUT2D eigenvalue weighted by atomic mass is 16.7. The van der Waals surface area contributed by atoms with Crippen LogP contribution in [0.1, 0.15) is 29.5 Å². The topological polar surface area (TPSA) is 66.8 Å². The molecule has 0 aliphatic carbocycles. The van der Waals surface area contributed by atoms with E-state index in [9.17, 15) is 4.79 Å². The van der Waals surface area contributed by atoms with Crippen molar-refractivity contribution in [1.29, 1.82) is 0 Å². The average molecular weight is 364 g/mol. The molecule has 1 saturated heterocycles. The molecule has 0 saturated carbocycles. The highest BCUT2D eigenvalue weighted by Crippen LogP contribution is 2.34. The molecular formula is C21H24N4O2. The van der Waals surface area contributed by atoms with Crippen LogP contribution in [0, 0.1) is 6.92 Å². The van der Waals surface area contributed by atoms with E-state index in [2.05, 4.69) is 51.5 Å². The van der Waals surface area contributed by atoms with Crippen molar-refractivity contribution in [3.8, 4) is 0 Å². The molecule has 1 fully saturated rings. The number of carbonyl (C=O) groups excluding carboxylic acids is 1. The van der Waals surface area contributed by atoms with Crippen LogP contribution in [-0.4, -0.2) is 40.2 Å². The third-order valence-corrected chi connectivity index (χ3v) is 5.20. The van der Waals surface area contributed by atoms with Gasteiger partial charge in [-0.1, -0.05) is 41.1 Å². The van der Waals surface area contributed by atoms with E-state index in [0.717, 1.165) is 31.6 Å². The van der Waals surface area contributed by atoms with Crippen molar-refractivity contribution in [2.75, 3.05) is 13.1 Å². The van der Waals surface area contributed by atoms with E-state index in [-0.39, 0.29) is 11.5 Å². The number of aromatic nitrogens is 1. The Labute approximate surface area is 159 Å². The van der Waals surface area contributed by atoms with Gasteiger partial charge in [-0.15, -0.1) is 0 Å². The van der Waals surface area contributed by atoms with Crippen molar-refractivity contribution in [3.05, 3.63) is 65.5 Å². The molecule has 1 atom stereocenters. The fourth-order valence-electron chi connectivity index (χ4n) is 3.66. The number of amides is 1. The molecular weight excluding hydrogens is 340 g/mol. The van der Waals surface area contributed by atoms with Crippen molar-refractivity contribution < 1.29 is 9.63 Å². The van der Waals surface area contributed by atoms with Gasteiger partial charge in [0.1, 0.15) is 5.71 Å². The maximum atomic E-state index is 12.4. The maximum Gasteiger partial charge on any atom is 0.269 e. The first kappa shape index (κ1) is 17.7. The van der Waals surface area contributed by atoms with Gasteiger partial charge in [-0.2, -0.15) is 0 Å². The highest BCUT2D eigenvalue weighted by Gasteiger charge is 2.46. The number of aryl methyl sites for hydroxylation is 1. The van der Waals surface area contributed by atoms with Crippen LogP contribution in [0.5, 0.6) is 0 Å². The number of rotatable bonds is 5. The van der Waals surface area contributed by atoms with Crippen LogP contribution in [0.25, 0.3) is 0 Å². The Bertz CT molecular complexity index is 835. The van der Waals surface area contributed by atoms with E-state index >= 15 is 0 Å². The van der Waals surface area contributed by atoms with Crippen LogP contribution in [0.4, 0.5) is 0 Å². The van der Waals surface area contributed by atoms with E-state index in [1.165, 1.54) is 11.1 Å². The zero-order chi connectivity index (χ0) is 18.7. The van der Waals surface area contributed by atoms with Crippen LogP contribution in [0.2, 0.25) is 0 Å². The number of likely N-dealkylation sites (tertiary alicyclic amines) is 1. The number of carbonyl (C=O) groups is 1. The van der Waals surface area contributed by atoms with Gasteiger partial charge in [-0.25, -0.2) is 0 Å². The average Bonchev–Trinajstić information content (AvgIpc) is 3.29. The summed E-state index contributed by atoms with van der Waals surface area (Å²) in [5.41, 5.74) is 3.66. The predicted molar refractivity (Wildman–Crippen MR) is 103 cm³/mol. The van der Waals surface area contributed by atoms with Crippen LogP contribution in [0.3, 0.4) is 0 Å². The fraction of sp³-hybridized carbons (Fsp3) is 0.381. The molecule has 1 amide bonds. The number of hydrogen-bond donors (Lipinski definition) is 1. The largest absolute Gasteiger partial charge is 0.387 e. The number of nitrogens with zero attached hydrogens (tertiary/aromatic N) is 3. The normalized spacial score (nSPS) is 21.9. The molecule has 6 nitrogen and oxygen atoms in total. The molecule has 2 aliphatic rings. The standard InChI is InChI=1S/C21H24N4O2/c1-16-4-6-17(7-5-16)14-25-10-8-21(15-25)11-19(24-27-21)20(26)23-13-18-3-2-9-22-12-18/h2-7,9,12H,8,10-11,13-15H2,1H3,(H,23,26)/t21-/m1/s1. The second kappa shape index (κ2) is 7.48. The summed E-state index contributed by atoms with van der Waals surface area (Å²) in [5.74, 6) is -0.160. The van der Waals surface area contributed by atoms with Gasteiger partial charge in [0.05, 0.1) is 0 Å². The Morgan fingerprint density at radius 2 is 2.11 bits per heavy atom. The molecule has 6 heteroatoms. The minimum absolute atomic E-state index is 0.160. The lowest BCUT2D eigenvalue weighted by atomic mass is 9.96. The zero-order valence-corrected chi connectivity index (χ0v) is 15.5. The molecule has 1 N–H and O–H groups in total. The van der Waals surface area contributed by atoms with Gasteiger partial charge in [0.25, 0.3) is 5.91 Å². The van der Waals surface area contributed by atoms with E-state index < -0.39 is 0 Å². The summed E-state index contributed by atoms with van der Waals surface area (Å²) in [7, 11) is 0. The Morgan fingerprint density at radius 1 is 1.26 bits per heavy atom. The van der Waals surface area contributed by atoms with E-state index in [1.54, 1.807) is 12.4 Å². The minimum Gasteiger partial charge on any atom is -0.387 e. The third-order valence-electron chi connectivity index (χ3n) is 5.20. The summed E-state index contributed by atoms with van der Waals surface area (Å²) in [4.78, 5) is 24.6. The summed E-state index contributed by atoms with van der Waals surface area (Å²) in [5, 5.41) is 7.00. The van der Waals surface area contributed by atoms with Crippen molar-refractivity contribution >= 4 is 11.6 Å². The van der Waals surface area contributed by atoms with Gasteiger partial charge in [-0.05, 0) is 24.1 Å². The minimum atomic E-state index is -0.355. The van der Waals surface area contributed by atoms with Gasteiger partial charge in [0.15, 0.2) is 5.60 Å². The lowest BCUT2D eigenvalue weighted by Gasteiger charge is -2.21. The summed E-state index contributed by atoms with van der Waals surface area (Å²) in [6.07, 6.45) is 4.92. The quantitative estimate of drug-likeness (QED) is 0.885. The number of pyridine rings is 1. The van der Waals surface area contributed by atoms with Crippen molar-refractivity contribution in [2.45, 2.75) is 38.5 Å². The predicted octanol–water partition coefficient (Wildman–Crippen LogP) is 2.43. The number of hydrogen-bond acceptors (Lipinski definition) is 5. The first-order chi connectivity index (χ1) is 13.1. The molecule has 2 aromatic rings. The van der Waals surface area contributed by atoms with Crippen LogP contribution < -0.4 is 5.32 Å². The lowest BCUT2D eigenvalue weighted by Crippen LogP contribution is -2.36. The maximum absolute atomic E-state index is 12.4.